The third-order valence-electron chi connectivity index (χ3n) is 8.41. The molecule has 0 saturated carbocycles. The Labute approximate surface area is 203 Å². The van der Waals surface area contributed by atoms with Gasteiger partial charge in [0.2, 0.25) is 0 Å². The van der Waals surface area contributed by atoms with E-state index in [9.17, 15) is 9.90 Å². The summed E-state index contributed by atoms with van der Waals surface area (Å²) in [7, 11) is 0. The third kappa shape index (κ3) is 4.66. The molecular weight excluding hydrogens is 424 g/mol. The molecule has 3 aliphatic rings. The van der Waals surface area contributed by atoms with Gasteiger partial charge in [-0.2, -0.15) is 0 Å². The average Bonchev–Trinajstić information content (AvgIpc) is 3.41. The Morgan fingerprint density at radius 2 is 1.65 bits per heavy atom. The van der Waals surface area contributed by atoms with Crippen molar-refractivity contribution < 1.29 is 9.90 Å². The summed E-state index contributed by atoms with van der Waals surface area (Å²) in [6.45, 7) is 8.69. The summed E-state index contributed by atoms with van der Waals surface area (Å²) >= 11 is 0. The Bertz CT molecular complexity index is 971. The molecule has 3 unspecified atom stereocenters. The van der Waals surface area contributed by atoms with Crippen LogP contribution in [0.4, 0.5) is 17.1 Å². The predicted octanol–water partition coefficient (Wildman–Crippen LogP) is 3.50. The maximum Gasteiger partial charge on any atom is 0.120 e. The monoisotopic (exact) mass is 462 g/mol. The van der Waals surface area contributed by atoms with E-state index >= 15 is 0 Å². The van der Waals surface area contributed by atoms with Crippen molar-refractivity contribution in [1.82, 2.24) is 4.90 Å². The minimum Gasteiger partial charge on any atom is -0.399 e. The lowest BCUT2D eigenvalue weighted by Gasteiger charge is -2.46. The van der Waals surface area contributed by atoms with Crippen LogP contribution in [0, 0.1) is 5.41 Å². The molecule has 6 heteroatoms. The summed E-state index contributed by atoms with van der Waals surface area (Å²) in [6, 6.07) is 17.6. The molecular formula is C28H38N4O2. The van der Waals surface area contributed by atoms with E-state index in [1.807, 2.05) is 19.1 Å². The van der Waals surface area contributed by atoms with Crippen LogP contribution in [0.5, 0.6) is 0 Å². The Morgan fingerprint density at radius 3 is 2.32 bits per heavy atom. The van der Waals surface area contributed by atoms with Gasteiger partial charge in [0.25, 0.3) is 0 Å². The highest BCUT2D eigenvalue weighted by Gasteiger charge is 2.46. The molecule has 3 fully saturated rings. The fraction of sp³-hybridized carbons (Fsp3) is 0.536. The Balaban J connectivity index is 1.13. The van der Waals surface area contributed by atoms with Crippen molar-refractivity contribution in [1.29, 1.82) is 0 Å². The maximum absolute atomic E-state index is 10.8. The van der Waals surface area contributed by atoms with Gasteiger partial charge in [0.15, 0.2) is 0 Å². The smallest absolute Gasteiger partial charge is 0.120 e. The highest BCUT2D eigenvalue weighted by molar-refractivity contribution is 5.54. The van der Waals surface area contributed by atoms with E-state index < -0.39 is 6.10 Å². The van der Waals surface area contributed by atoms with Crippen LogP contribution in [0.15, 0.2) is 48.5 Å². The molecule has 0 amide bonds. The molecule has 0 aromatic heterocycles. The van der Waals surface area contributed by atoms with E-state index in [1.54, 1.807) is 0 Å². The van der Waals surface area contributed by atoms with Gasteiger partial charge >= 0.3 is 0 Å². The van der Waals surface area contributed by atoms with Gasteiger partial charge in [0.1, 0.15) is 6.29 Å². The van der Waals surface area contributed by atoms with Crippen molar-refractivity contribution in [3.8, 4) is 0 Å². The Hall–Kier alpha value is -2.57. The van der Waals surface area contributed by atoms with E-state index in [0.29, 0.717) is 24.3 Å². The van der Waals surface area contributed by atoms with Gasteiger partial charge in [0.05, 0.1) is 6.10 Å². The number of benzene rings is 2. The number of nitrogens with two attached hydrogens (primary N) is 1. The molecule has 1 spiro atoms. The summed E-state index contributed by atoms with van der Waals surface area (Å²) in [4.78, 5) is 18.5. The lowest BCUT2D eigenvalue weighted by Crippen LogP contribution is -2.59. The lowest BCUT2D eigenvalue weighted by atomic mass is 9.86. The Kier molecular flexibility index (Phi) is 6.54. The summed E-state index contributed by atoms with van der Waals surface area (Å²) in [5.74, 6) is 0.0170. The zero-order chi connectivity index (χ0) is 23.7. The first-order chi connectivity index (χ1) is 16.5. The number of anilines is 3. The molecule has 182 valence electrons. The molecule has 3 aliphatic heterocycles. The molecule has 3 N–H and O–H groups in total. The second-order valence-electron chi connectivity index (χ2n) is 10.7. The standard InChI is InChI=1S/C28H38N4O2/c1-21(34)27(3-2-16-33)22-4-8-25(9-5-22)32-17-26(18-32)31-15-13-28(20-31)12-14-30(19-28)24-10-6-23(29)7-11-24/h4-11,16,21,26-27,34H,2-3,12-15,17-20,29H2,1H3. The van der Waals surface area contributed by atoms with E-state index in [2.05, 4.69) is 51.1 Å². The third-order valence-corrected chi connectivity index (χ3v) is 8.41. The van der Waals surface area contributed by atoms with Crippen molar-refractivity contribution in [3.63, 3.8) is 0 Å². The van der Waals surface area contributed by atoms with Gasteiger partial charge in [-0.1, -0.05) is 12.1 Å². The topological polar surface area (TPSA) is 73.0 Å². The first-order valence-electron chi connectivity index (χ1n) is 12.8. The number of hydrogen-bond donors (Lipinski definition) is 2. The van der Waals surface area contributed by atoms with E-state index in [-0.39, 0.29) is 5.92 Å². The maximum atomic E-state index is 10.8. The molecule has 6 nitrogen and oxygen atoms in total. The number of aliphatic hydroxyl groups excluding tert-OH is 1. The van der Waals surface area contributed by atoms with Crippen LogP contribution in [0.3, 0.4) is 0 Å². The van der Waals surface area contributed by atoms with Crippen LogP contribution in [0.25, 0.3) is 0 Å². The largest absolute Gasteiger partial charge is 0.399 e. The average molecular weight is 463 g/mol. The first kappa shape index (κ1) is 23.2. The number of carbonyl (C=O) groups is 1. The van der Waals surface area contributed by atoms with Gasteiger partial charge < -0.3 is 25.4 Å². The molecule has 0 bridgehead atoms. The molecule has 2 aromatic rings. The molecule has 3 atom stereocenters. The molecule has 3 heterocycles. The number of carbonyl (C=O) groups excluding carboxylic acids is 1. The van der Waals surface area contributed by atoms with Gasteiger partial charge in [-0.05, 0) is 74.7 Å². The quantitative estimate of drug-likeness (QED) is 0.462. The number of nitrogens with zero attached hydrogens (tertiary/aromatic N) is 3. The van der Waals surface area contributed by atoms with Crippen molar-refractivity contribution in [2.45, 2.75) is 50.7 Å². The predicted molar refractivity (Wildman–Crippen MR) is 138 cm³/mol. The fourth-order valence-corrected chi connectivity index (χ4v) is 6.22. The van der Waals surface area contributed by atoms with Gasteiger partial charge in [-0.3, -0.25) is 4.90 Å². The summed E-state index contributed by atoms with van der Waals surface area (Å²) < 4.78 is 0. The number of aldehydes is 1. The zero-order valence-electron chi connectivity index (χ0n) is 20.3. The first-order valence-corrected chi connectivity index (χ1v) is 12.8. The molecule has 0 radical (unpaired) electrons. The zero-order valence-corrected chi connectivity index (χ0v) is 20.3. The van der Waals surface area contributed by atoms with Crippen LogP contribution >= 0.6 is 0 Å². The van der Waals surface area contributed by atoms with Crippen molar-refractivity contribution >= 4 is 23.3 Å². The molecule has 0 aliphatic carbocycles. The molecule has 3 saturated heterocycles. The highest BCUT2D eigenvalue weighted by atomic mass is 16.3. The van der Waals surface area contributed by atoms with Crippen LogP contribution in [0.1, 0.15) is 44.1 Å². The van der Waals surface area contributed by atoms with Crippen LogP contribution in [-0.2, 0) is 4.79 Å². The van der Waals surface area contributed by atoms with Crippen molar-refractivity contribution in [2.75, 3.05) is 54.8 Å². The van der Waals surface area contributed by atoms with Crippen LogP contribution < -0.4 is 15.5 Å². The second kappa shape index (κ2) is 9.59. The second-order valence-corrected chi connectivity index (χ2v) is 10.7. The lowest BCUT2D eigenvalue weighted by molar-refractivity contribution is -0.108. The fourth-order valence-electron chi connectivity index (χ4n) is 6.22. The van der Waals surface area contributed by atoms with Gasteiger partial charge in [-0.15, -0.1) is 0 Å². The highest BCUT2D eigenvalue weighted by Crippen LogP contribution is 2.43. The summed E-state index contributed by atoms with van der Waals surface area (Å²) in [6.07, 6.45) is 4.24. The van der Waals surface area contributed by atoms with Crippen molar-refractivity contribution in [2.24, 2.45) is 5.41 Å². The molecule has 5 rings (SSSR count). The minimum atomic E-state index is -0.451. The van der Waals surface area contributed by atoms with E-state index in [0.717, 1.165) is 43.7 Å². The Morgan fingerprint density at radius 1 is 1.00 bits per heavy atom. The van der Waals surface area contributed by atoms with E-state index in [1.165, 1.54) is 37.3 Å². The SMILES string of the molecule is CC(O)C(CCC=O)c1ccc(N2CC(N3CCC4(CCN(c5ccc(N)cc5)C4)C3)C2)cc1. The summed E-state index contributed by atoms with van der Waals surface area (Å²) in [5, 5.41) is 10.1. The number of hydrogen-bond acceptors (Lipinski definition) is 6. The number of aliphatic hydroxyl groups is 1. The molecule has 2 aromatic carbocycles. The minimum absolute atomic E-state index is 0.0170. The van der Waals surface area contributed by atoms with Crippen LogP contribution in [-0.4, -0.2) is 67.7 Å². The number of rotatable bonds is 8. The number of likely N-dealkylation sites (tertiary alicyclic amines) is 1. The number of nitrogen functional groups attached to an aromatic ring is 1. The van der Waals surface area contributed by atoms with Gasteiger partial charge in [0, 0.05) is 73.6 Å². The van der Waals surface area contributed by atoms with Gasteiger partial charge in [-0.25, -0.2) is 0 Å². The van der Waals surface area contributed by atoms with Crippen molar-refractivity contribution in [3.05, 3.63) is 54.1 Å². The molecule has 34 heavy (non-hydrogen) atoms. The normalized spacial score (nSPS) is 25.0. The van der Waals surface area contributed by atoms with E-state index in [4.69, 9.17) is 5.73 Å². The van der Waals surface area contributed by atoms with Crippen LogP contribution in [0.2, 0.25) is 0 Å². The summed E-state index contributed by atoms with van der Waals surface area (Å²) in [5.41, 5.74) is 10.8.